The molecule has 6 nitrogen and oxygen atoms in total. The van der Waals surface area contributed by atoms with Crippen LogP contribution in [0.15, 0.2) is 18.3 Å². The average Bonchev–Trinajstić information content (AvgIpc) is 2.37. The van der Waals surface area contributed by atoms with E-state index >= 15 is 0 Å². The predicted molar refractivity (Wildman–Crippen MR) is 83.2 cm³/mol. The summed E-state index contributed by atoms with van der Waals surface area (Å²) in [4.78, 5) is 28.2. The molecule has 1 heterocycles. The molecule has 21 heavy (non-hydrogen) atoms. The van der Waals surface area contributed by atoms with Crippen LogP contribution in [-0.2, 0) is 4.79 Å². The van der Waals surface area contributed by atoms with Gasteiger partial charge in [-0.25, -0.2) is 4.98 Å². The molecule has 0 aliphatic carbocycles. The molecule has 0 saturated carbocycles. The van der Waals surface area contributed by atoms with E-state index in [0.717, 1.165) is 6.54 Å². The third-order valence-corrected chi connectivity index (χ3v) is 2.62. The van der Waals surface area contributed by atoms with Crippen LogP contribution in [0, 0.1) is 0 Å². The zero-order valence-corrected chi connectivity index (χ0v) is 13.3. The zero-order chi connectivity index (χ0) is 16.0. The van der Waals surface area contributed by atoms with Gasteiger partial charge in [0.15, 0.2) is 0 Å². The lowest BCUT2D eigenvalue weighted by Crippen LogP contribution is -2.50. The molecule has 1 aromatic heterocycles. The number of hydrogen-bond donors (Lipinski definition) is 3. The van der Waals surface area contributed by atoms with Gasteiger partial charge in [0.05, 0.1) is 0 Å². The van der Waals surface area contributed by atoms with Crippen LogP contribution < -0.4 is 16.0 Å². The maximum Gasteiger partial charge on any atom is 0.252 e. The monoisotopic (exact) mass is 292 g/mol. The van der Waals surface area contributed by atoms with Crippen molar-refractivity contribution in [3.05, 3.63) is 23.9 Å². The van der Waals surface area contributed by atoms with E-state index in [0.29, 0.717) is 11.4 Å². The van der Waals surface area contributed by atoms with E-state index in [1.165, 1.54) is 0 Å². The molecule has 0 fully saturated rings. The Bertz CT molecular complexity index is 509. The van der Waals surface area contributed by atoms with Gasteiger partial charge in [0.1, 0.15) is 11.9 Å². The Labute approximate surface area is 125 Å². The van der Waals surface area contributed by atoms with Crippen LogP contribution in [0.5, 0.6) is 0 Å². The number of pyridine rings is 1. The van der Waals surface area contributed by atoms with Gasteiger partial charge in [-0.1, -0.05) is 0 Å². The minimum atomic E-state index is -0.604. The Hall–Kier alpha value is -2.11. The van der Waals surface area contributed by atoms with Crippen molar-refractivity contribution in [2.45, 2.75) is 46.2 Å². The smallest absolute Gasteiger partial charge is 0.252 e. The fourth-order valence-corrected chi connectivity index (χ4v) is 1.67. The Morgan fingerprint density at radius 1 is 1.33 bits per heavy atom. The molecule has 0 bridgehead atoms. The number of carbonyl (C=O) groups excluding carboxylic acids is 2. The number of nitrogens with zero attached hydrogens (tertiary/aromatic N) is 1. The summed E-state index contributed by atoms with van der Waals surface area (Å²) in [5.74, 6) is 0.127. The van der Waals surface area contributed by atoms with Gasteiger partial charge in [0, 0.05) is 23.8 Å². The minimum Gasteiger partial charge on any atom is -0.370 e. The molecule has 0 aliphatic heterocycles. The highest BCUT2D eigenvalue weighted by molar-refractivity contribution is 5.97. The van der Waals surface area contributed by atoms with Gasteiger partial charge in [0.2, 0.25) is 5.91 Å². The molecule has 0 radical (unpaired) electrons. The first-order valence-corrected chi connectivity index (χ1v) is 7.05. The second-order valence-electron chi connectivity index (χ2n) is 5.89. The quantitative estimate of drug-likeness (QED) is 0.769. The first-order chi connectivity index (χ1) is 9.73. The van der Waals surface area contributed by atoms with Crippen LogP contribution in [0.1, 0.15) is 45.0 Å². The van der Waals surface area contributed by atoms with Crippen LogP contribution in [0.2, 0.25) is 0 Å². The molecule has 1 rings (SSSR count). The molecule has 116 valence electrons. The summed E-state index contributed by atoms with van der Waals surface area (Å²) in [6.45, 7) is 10.0. The second kappa shape index (κ2) is 7.06. The van der Waals surface area contributed by atoms with Crippen molar-refractivity contribution in [2.75, 3.05) is 11.9 Å². The number of rotatable bonds is 5. The van der Waals surface area contributed by atoms with Gasteiger partial charge in [0.25, 0.3) is 5.91 Å². The van der Waals surface area contributed by atoms with Crippen molar-refractivity contribution in [3.63, 3.8) is 0 Å². The highest BCUT2D eigenvalue weighted by Crippen LogP contribution is 2.07. The van der Waals surface area contributed by atoms with E-state index in [1.807, 2.05) is 27.7 Å². The molecular formula is C15H24N4O2. The standard InChI is InChI=1S/C15H24N4O2/c1-6-16-12-9-11(7-8-17-12)14(21)18-10(2)13(20)19-15(3,4)5/h7-10H,6H2,1-5H3,(H,16,17)(H,18,21)(H,19,20). The molecule has 2 amide bonds. The lowest BCUT2D eigenvalue weighted by atomic mass is 10.1. The highest BCUT2D eigenvalue weighted by Gasteiger charge is 2.21. The second-order valence-corrected chi connectivity index (χ2v) is 5.89. The lowest BCUT2D eigenvalue weighted by Gasteiger charge is -2.23. The third kappa shape index (κ3) is 5.81. The number of amides is 2. The van der Waals surface area contributed by atoms with Crippen LogP contribution in [-0.4, -0.2) is 34.9 Å². The maximum absolute atomic E-state index is 12.1. The van der Waals surface area contributed by atoms with Crippen molar-refractivity contribution < 1.29 is 9.59 Å². The fourth-order valence-electron chi connectivity index (χ4n) is 1.67. The number of carbonyl (C=O) groups is 2. The summed E-state index contributed by atoms with van der Waals surface area (Å²) in [7, 11) is 0. The molecule has 0 aliphatic rings. The summed E-state index contributed by atoms with van der Waals surface area (Å²) >= 11 is 0. The minimum absolute atomic E-state index is 0.211. The van der Waals surface area contributed by atoms with Gasteiger partial charge in [-0.05, 0) is 46.8 Å². The molecule has 0 saturated heterocycles. The molecular weight excluding hydrogens is 268 g/mol. The van der Waals surface area contributed by atoms with Crippen LogP contribution in [0.4, 0.5) is 5.82 Å². The summed E-state index contributed by atoms with van der Waals surface area (Å²) in [5.41, 5.74) is 0.140. The van der Waals surface area contributed by atoms with E-state index in [1.54, 1.807) is 25.3 Å². The Morgan fingerprint density at radius 2 is 2.00 bits per heavy atom. The van der Waals surface area contributed by atoms with Crippen LogP contribution >= 0.6 is 0 Å². The molecule has 0 aromatic carbocycles. The van der Waals surface area contributed by atoms with E-state index in [-0.39, 0.29) is 17.4 Å². The largest absolute Gasteiger partial charge is 0.370 e. The van der Waals surface area contributed by atoms with Crippen LogP contribution in [0.25, 0.3) is 0 Å². The van der Waals surface area contributed by atoms with Crippen molar-refractivity contribution in [1.82, 2.24) is 15.6 Å². The van der Waals surface area contributed by atoms with E-state index in [4.69, 9.17) is 0 Å². The molecule has 1 atom stereocenters. The number of anilines is 1. The van der Waals surface area contributed by atoms with Crippen molar-refractivity contribution in [1.29, 1.82) is 0 Å². The van der Waals surface area contributed by atoms with Gasteiger partial charge >= 0.3 is 0 Å². The predicted octanol–water partition coefficient (Wildman–Crippen LogP) is 1.55. The fraction of sp³-hybridized carbons (Fsp3) is 0.533. The number of hydrogen-bond acceptors (Lipinski definition) is 4. The average molecular weight is 292 g/mol. The van der Waals surface area contributed by atoms with Gasteiger partial charge in [-0.2, -0.15) is 0 Å². The summed E-state index contributed by atoms with van der Waals surface area (Å²) in [6, 6.07) is 2.67. The summed E-state index contributed by atoms with van der Waals surface area (Å²) in [5, 5.41) is 8.55. The summed E-state index contributed by atoms with van der Waals surface area (Å²) < 4.78 is 0. The Balaban J connectivity index is 2.68. The first-order valence-electron chi connectivity index (χ1n) is 7.05. The number of aromatic nitrogens is 1. The molecule has 3 N–H and O–H groups in total. The first kappa shape index (κ1) is 16.9. The van der Waals surface area contributed by atoms with Crippen molar-refractivity contribution >= 4 is 17.6 Å². The normalized spacial score (nSPS) is 12.4. The van der Waals surface area contributed by atoms with E-state index in [2.05, 4.69) is 20.9 Å². The SMILES string of the molecule is CCNc1cc(C(=O)NC(C)C(=O)NC(C)(C)C)ccn1. The summed E-state index contributed by atoms with van der Waals surface area (Å²) in [6.07, 6.45) is 1.56. The van der Waals surface area contributed by atoms with Gasteiger partial charge < -0.3 is 16.0 Å². The zero-order valence-electron chi connectivity index (χ0n) is 13.3. The van der Waals surface area contributed by atoms with Crippen LogP contribution in [0.3, 0.4) is 0 Å². The van der Waals surface area contributed by atoms with Gasteiger partial charge in [-0.3, -0.25) is 9.59 Å². The highest BCUT2D eigenvalue weighted by atomic mass is 16.2. The van der Waals surface area contributed by atoms with Crippen molar-refractivity contribution in [3.8, 4) is 0 Å². The molecule has 1 aromatic rings. The van der Waals surface area contributed by atoms with E-state index < -0.39 is 6.04 Å². The Kier molecular flexibility index (Phi) is 5.69. The maximum atomic E-state index is 12.1. The Morgan fingerprint density at radius 3 is 2.57 bits per heavy atom. The van der Waals surface area contributed by atoms with Gasteiger partial charge in [-0.15, -0.1) is 0 Å². The topological polar surface area (TPSA) is 83.1 Å². The van der Waals surface area contributed by atoms with E-state index in [9.17, 15) is 9.59 Å². The molecule has 0 spiro atoms. The lowest BCUT2D eigenvalue weighted by molar-refractivity contribution is -0.124. The molecule has 6 heteroatoms. The number of nitrogens with one attached hydrogen (secondary N) is 3. The molecule has 1 unspecified atom stereocenters. The third-order valence-electron chi connectivity index (χ3n) is 2.62. The van der Waals surface area contributed by atoms with Crippen molar-refractivity contribution in [2.24, 2.45) is 0 Å².